The number of methoxy groups -OCH3 is 1. The Morgan fingerprint density at radius 3 is 2.29 bits per heavy atom. The van der Waals surface area contributed by atoms with Crippen LogP contribution < -0.4 is 10.1 Å². The van der Waals surface area contributed by atoms with Crippen molar-refractivity contribution in [3.63, 3.8) is 0 Å². The molecule has 0 fully saturated rings. The Kier molecular flexibility index (Phi) is 8.49. The molecule has 1 N–H and O–H groups in total. The number of ether oxygens (including phenoxy) is 3. The number of ketones is 1. The van der Waals surface area contributed by atoms with Crippen molar-refractivity contribution >= 4 is 18.1 Å². The fourth-order valence-electron chi connectivity index (χ4n) is 2.81. The summed E-state index contributed by atoms with van der Waals surface area (Å²) in [5.74, 6) is 0.0000713. The lowest BCUT2D eigenvalue weighted by atomic mass is 9.98. The third-order valence-electron chi connectivity index (χ3n) is 4.19. The summed E-state index contributed by atoms with van der Waals surface area (Å²) in [6.07, 6.45) is -1.13. The first kappa shape index (κ1) is 23.8. The molecule has 0 aliphatic rings. The van der Waals surface area contributed by atoms with Crippen LogP contribution in [0.1, 0.15) is 37.9 Å². The van der Waals surface area contributed by atoms with Gasteiger partial charge in [-0.05, 0) is 44.0 Å². The number of benzene rings is 2. The molecule has 0 aliphatic carbocycles. The van der Waals surface area contributed by atoms with E-state index in [1.165, 1.54) is 0 Å². The summed E-state index contributed by atoms with van der Waals surface area (Å²) in [6, 6.07) is 15.2. The van der Waals surface area contributed by atoms with Gasteiger partial charge in [-0.15, -0.1) is 0 Å². The number of carbonyl (C=O) groups is 2. The maximum absolute atomic E-state index is 12.7. The van der Waals surface area contributed by atoms with Crippen molar-refractivity contribution in [2.75, 3.05) is 7.11 Å². The van der Waals surface area contributed by atoms with Gasteiger partial charge in [0.25, 0.3) is 5.78 Å². The molecule has 31 heavy (non-hydrogen) atoms. The van der Waals surface area contributed by atoms with Crippen LogP contribution in [0.2, 0.25) is 0 Å². The Morgan fingerprint density at radius 1 is 1.10 bits per heavy atom. The van der Waals surface area contributed by atoms with E-state index in [2.05, 4.69) is 10.1 Å². The Morgan fingerprint density at radius 2 is 1.74 bits per heavy atom. The normalized spacial score (nSPS) is 12.8. The van der Waals surface area contributed by atoms with Crippen molar-refractivity contribution in [1.82, 2.24) is 5.32 Å². The highest BCUT2D eigenvalue weighted by Gasteiger charge is 2.34. The summed E-state index contributed by atoms with van der Waals surface area (Å²) in [7, 11) is 1.54. The molecule has 2 aromatic rings. The molecule has 0 bridgehead atoms. The summed E-state index contributed by atoms with van der Waals surface area (Å²) < 4.78 is 16.4. The molecule has 0 heterocycles. The highest BCUT2D eigenvalue weighted by atomic mass is 16.6. The Balaban J connectivity index is 2.38. The molecular weight excluding hydrogens is 398 g/mol. The number of amides is 1. The number of hydrogen-bond donors (Lipinski definition) is 1. The summed E-state index contributed by atoms with van der Waals surface area (Å²) in [5, 5.41) is 2.71. The smallest absolute Gasteiger partial charge is 0.408 e. The summed E-state index contributed by atoms with van der Waals surface area (Å²) in [6.45, 7) is 5.32. The van der Waals surface area contributed by atoms with Gasteiger partial charge in [-0.2, -0.15) is 4.79 Å². The second-order valence-electron chi connectivity index (χ2n) is 7.76. The summed E-state index contributed by atoms with van der Waals surface area (Å²) in [4.78, 5) is 28.1. The molecule has 164 valence electrons. The number of nitrogens with one attached hydrogen (secondary N) is 1. The minimum Gasteiger partial charge on any atom is -0.497 e. The zero-order valence-electron chi connectivity index (χ0n) is 18.1. The highest BCUT2D eigenvalue weighted by molar-refractivity contribution is 6.27. The van der Waals surface area contributed by atoms with Crippen LogP contribution in [-0.2, 0) is 20.9 Å². The van der Waals surface area contributed by atoms with Gasteiger partial charge in [-0.3, -0.25) is 4.79 Å². The minimum atomic E-state index is -1.17. The lowest BCUT2D eigenvalue weighted by molar-refractivity contribution is -0.129. The topological polar surface area (TPSA) is 110 Å². The van der Waals surface area contributed by atoms with Crippen LogP contribution in [0.5, 0.6) is 5.75 Å². The molecule has 0 radical (unpaired) electrons. The van der Waals surface area contributed by atoms with Crippen molar-refractivity contribution in [2.45, 2.75) is 45.1 Å². The van der Waals surface area contributed by atoms with Crippen LogP contribution >= 0.6 is 0 Å². The van der Waals surface area contributed by atoms with E-state index in [1.54, 1.807) is 52.1 Å². The van der Waals surface area contributed by atoms with E-state index >= 15 is 0 Å². The van der Waals surface area contributed by atoms with Gasteiger partial charge in [0, 0.05) is 0 Å². The average Bonchev–Trinajstić information content (AvgIpc) is 2.73. The lowest BCUT2D eigenvalue weighted by Gasteiger charge is -2.28. The first-order valence-corrected chi connectivity index (χ1v) is 9.74. The van der Waals surface area contributed by atoms with Crippen LogP contribution in [-0.4, -0.2) is 41.7 Å². The first-order chi connectivity index (χ1) is 14.7. The van der Waals surface area contributed by atoms with Gasteiger partial charge in [0.1, 0.15) is 11.4 Å². The van der Waals surface area contributed by atoms with Crippen molar-refractivity contribution in [3.05, 3.63) is 71.3 Å². The molecule has 0 spiro atoms. The fraction of sp³-hybridized carbons (Fsp3) is 0.348. The minimum absolute atomic E-state index is 0.110. The molecular formula is C23H27N3O5. The zero-order valence-corrected chi connectivity index (χ0v) is 18.1. The number of hydrogen-bond acceptors (Lipinski definition) is 5. The Labute approximate surface area is 181 Å². The van der Waals surface area contributed by atoms with E-state index in [0.717, 1.165) is 11.8 Å². The summed E-state index contributed by atoms with van der Waals surface area (Å²) >= 11 is 0. The van der Waals surface area contributed by atoms with Gasteiger partial charge in [-0.25, -0.2) is 4.79 Å². The number of alkyl carbamates (subject to hydrolysis) is 1. The standard InChI is InChI=1S/C23H27N3O5/c1-23(2,3)31-22(28)26-20(17-10-12-18(29-4)13-11-17)21(19(27)14-25-24)30-15-16-8-6-5-7-9-16/h5-14,20-21H,15H2,1-4H3,(H,26,28)/t20-,21+/m0/s1. The van der Waals surface area contributed by atoms with E-state index < -0.39 is 29.6 Å². The first-order valence-electron chi connectivity index (χ1n) is 9.74. The molecule has 0 saturated heterocycles. The monoisotopic (exact) mass is 425 g/mol. The Hall–Kier alpha value is -3.48. The maximum Gasteiger partial charge on any atom is 0.408 e. The number of rotatable bonds is 9. The van der Waals surface area contributed by atoms with Crippen molar-refractivity contribution in [1.29, 1.82) is 0 Å². The lowest BCUT2D eigenvalue weighted by Crippen LogP contribution is -2.44. The van der Waals surface area contributed by atoms with E-state index in [-0.39, 0.29) is 6.61 Å². The third kappa shape index (κ3) is 7.70. The van der Waals surface area contributed by atoms with E-state index in [4.69, 9.17) is 19.7 Å². The number of Topliss-reactive ketones (excluding diaryl/α,β-unsaturated/α-hetero) is 1. The molecule has 1 amide bonds. The molecule has 2 rings (SSSR count). The van der Waals surface area contributed by atoms with Gasteiger partial charge in [0.05, 0.1) is 19.8 Å². The van der Waals surface area contributed by atoms with Gasteiger partial charge in [-0.1, -0.05) is 42.5 Å². The average molecular weight is 425 g/mol. The van der Waals surface area contributed by atoms with Gasteiger partial charge < -0.3 is 25.1 Å². The molecule has 2 aromatic carbocycles. The Bertz CT molecular complexity index is 916. The van der Waals surface area contributed by atoms with Gasteiger partial charge >= 0.3 is 12.3 Å². The van der Waals surface area contributed by atoms with Gasteiger partial charge in [0.2, 0.25) is 0 Å². The fourth-order valence-corrected chi connectivity index (χ4v) is 2.81. The molecule has 8 heteroatoms. The third-order valence-corrected chi connectivity index (χ3v) is 4.19. The SMILES string of the molecule is COc1ccc([C@H](NC(=O)OC(C)(C)C)[C@H](OCc2ccccc2)C(=O)C=[N+]=[N-])cc1. The molecule has 0 aromatic heterocycles. The molecule has 8 nitrogen and oxygen atoms in total. The molecule has 0 unspecified atom stereocenters. The van der Waals surface area contributed by atoms with Crippen molar-refractivity contribution < 1.29 is 28.6 Å². The van der Waals surface area contributed by atoms with Crippen LogP contribution in [0.3, 0.4) is 0 Å². The molecule has 2 atom stereocenters. The summed E-state index contributed by atoms with van der Waals surface area (Å²) in [5.41, 5.74) is 9.59. The predicted octanol–water partition coefficient (Wildman–Crippen LogP) is 3.72. The van der Waals surface area contributed by atoms with Crippen molar-refractivity contribution in [3.8, 4) is 5.75 Å². The second-order valence-corrected chi connectivity index (χ2v) is 7.76. The molecule has 0 saturated carbocycles. The van der Waals surface area contributed by atoms with E-state index in [0.29, 0.717) is 11.3 Å². The molecule has 0 aliphatic heterocycles. The maximum atomic E-state index is 12.7. The highest BCUT2D eigenvalue weighted by Crippen LogP contribution is 2.24. The number of nitrogens with zero attached hydrogens (tertiary/aromatic N) is 2. The van der Waals surface area contributed by atoms with Crippen LogP contribution in [0.4, 0.5) is 4.79 Å². The van der Waals surface area contributed by atoms with Gasteiger partial charge in [0.15, 0.2) is 6.10 Å². The second kappa shape index (κ2) is 11.1. The van der Waals surface area contributed by atoms with Crippen LogP contribution in [0.15, 0.2) is 54.6 Å². The largest absolute Gasteiger partial charge is 0.497 e. The zero-order chi connectivity index (χ0) is 22.9. The predicted molar refractivity (Wildman–Crippen MR) is 115 cm³/mol. The van der Waals surface area contributed by atoms with Crippen LogP contribution in [0.25, 0.3) is 5.53 Å². The number of carbonyl (C=O) groups excluding carboxylic acids is 2. The van der Waals surface area contributed by atoms with E-state index in [9.17, 15) is 9.59 Å². The van der Waals surface area contributed by atoms with Crippen LogP contribution in [0, 0.1) is 0 Å². The van der Waals surface area contributed by atoms with Crippen molar-refractivity contribution in [2.24, 2.45) is 0 Å². The van der Waals surface area contributed by atoms with E-state index in [1.807, 2.05) is 30.3 Å². The quantitative estimate of drug-likeness (QED) is 0.374.